The van der Waals surface area contributed by atoms with Crippen molar-refractivity contribution in [2.75, 3.05) is 0 Å². The molecule has 2 N–H and O–H groups in total. The van der Waals surface area contributed by atoms with Crippen LogP contribution in [0, 0.1) is 6.92 Å². The highest BCUT2D eigenvalue weighted by Gasteiger charge is 2.09. The van der Waals surface area contributed by atoms with Crippen LogP contribution in [0.5, 0.6) is 0 Å². The molecule has 0 saturated carbocycles. The number of aryl methyl sites for hydroxylation is 1. The molecule has 3 aromatic rings. The van der Waals surface area contributed by atoms with Crippen LogP contribution < -0.4 is 5.43 Å². The van der Waals surface area contributed by atoms with Gasteiger partial charge in [0.15, 0.2) is 0 Å². The van der Waals surface area contributed by atoms with Crippen molar-refractivity contribution in [2.24, 2.45) is 5.10 Å². The Morgan fingerprint density at radius 2 is 1.91 bits per heavy atom. The molecular formula is C17H14ClN3O. The maximum atomic E-state index is 12.0. The third kappa shape index (κ3) is 2.73. The van der Waals surface area contributed by atoms with E-state index in [0.717, 1.165) is 22.2 Å². The summed E-state index contributed by atoms with van der Waals surface area (Å²) >= 11 is 5.98. The maximum Gasteiger partial charge on any atom is 0.272 e. The molecule has 0 radical (unpaired) electrons. The van der Waals surface area contributed by atoms with Crippen LogP contribution in [0.1, 0.15) is 21.6 Å². The van der Waals surface area contributed by atoms with Crippen molar-refractivity contribution in [3.63, 3.8) is 0 Å². The summed E-state index contributed by atoms with van der Waals surface area (Å²) in [4.78, 5) is 15.3. The van der Waals surface area contributed by atoms with Crippen molar-refractivity contribution in [1.29, 1.82) is 0 Å². The van der Waals surface area contributed by atoms with Gasteiger partial charge in [-0.25, -0.2) is 5.43 Å². The van der Waals surface area contributed by atoms with E-state index in [9.17, 15) is 4.79 Å². The monoisotopic (exact) mass is 311 g/mol. The second kappa shape index (κ2) is 6.03. The summed E-state index contributed by atoms with van der Waals surface area (Å²) in [6.07, 6.45) is 1.64. The number of fused-ring (bicyclic) bond motifs is 1. The van der Waals surface area contributed by atoms with Crippen molar-refractivity contribution in [3.05, 3.63) is 70.4 Å². The zero-order valence-corrected chi connectivity index (χ0v) is 12.7. The van der Waals surface area contributed by atoms with Crippen molar-refractivity contribution in [3.8, 4) is 0 Å². The fraction of sp³-hybridized carbons (Fsp3) is 0.0588. The van der Waals surface area contributed by atoms with Crippen LogP contribution in [0.3, 0.4) is 0 Å². The summed E-state index contributed by atoms with van der Waals surface area (Å²) in [7, 11) is 0. The highest BCUT2D eigenvalue weighted by atomic mass is 35.5. The number of carbonyl (C=O) groups excluding carboxylic acids is 1. The minimum absolute atomic E-state index is 0.334. The molecule has 4 nitrogen and oxygen atoms in total. The van der Waals surface area contributed by atoms with E-state index in [0.29, 0.717) is 10.6 Å². The Hall–Kier alpha value is -2.59. The molecule has 0 atom stereocenters. The van der Waals surface area contributed by atoms with Gasteiger partial charge in [-0.15, -0.1) is 0 Å². The van der Waals surface area contributed by atoms with E-state index in [2.05, 4.69) is 15.5 Å². The highest BCUT2D eigenvalue weighted by molar-refractivity contribution is 6.33. The number of aromatic amines is 1. The number of carbonyl (C=O) groups is 1. The number of nitrogens with zero attached hydrogens (tertiary/aromatic N) is 1. The molecule has 1 heterocycles. The summed E-state index contributed by atoms with van der Waals surface area (Å²) in [6.45, 7) is 1.97. The van der Waals surface area contributed by atoms with Gasteiger partial charge in [-0.05, 0) is 25.1 Å². The number of hydrogen-bond donors (Lipinski definition) is 2. The fourth-order valence-electron chi connectivity index (χ4n) is 2.33. The topological polar surface area (TPSA) is 57.2 Å². The Morgan fingerprint density at radius 3 is 2.73 bits per heavy atom. The Kier molecular flexibility index (Phi) is 3.94. The van der Waals surface area contributed by atoms with Gasteiger partial charge in [-0.1, -0.05) is 41.9 Å². The second-order valence-corrected chi connectivity index (χ2v) is 5.30. The van der Waals surface area contributed by atoms with Crippen LogP contribution >= 0.6 is 11.6 Å². The van der Waals surface area contributed by atoms with Crippen molar-refractivity contribution in [1.82, 2.24) is 10.4 Å². The summed E-state index contributed by atoms with van der Waals surface area (Å²) in [5.74, 6) is -0.334. The van der Waals surface area contributed by atoms with Crippen molar-refractivity contribution in [2.45, 2.75) is 6.92 Å². The summed E-state index contributed by atoms with van der Waals surface area (Å²) in [6, 6.07) is 14.8. The van der Waals surface area contributed by atoms with E-state index < -0.39 is 0 Å². The van der Waals surface area contributed by atoms with Gasteiger partial charge in [0.2, 0.25) is 0 Å². The maximum absolute atomic E-state index is 12.0. The first kappa shape index (κ1) is 14.4. The first-order valence-corrected chi connectivity index (χ1v) is 7.20. The molecule has 0 aliphatic carbocycles. The first-order chi connectivity index (χ1) is 10.7. The molecule has 0 bridgehead atoms. The van der Waals surface area contributed by atoms with Gasteiger partial charge < -0.3 is 4.98 Å². The molecule has 0 saturated heterocycles. The molecule has 1 aromatic heterocycles. The number of hydrazone groups is 1. The fourth-order valence-corrected chi connectivity index (χ4v) is 2.55. The second-order valence-electron chi connectivity index (χ2n) is 4.89. The summed E-state index contributed by atoms with van der Waals surface area (Å²) < 4.78 is 0. The van der Waals surface area contributed by atoms with E-state index >= 15 is 0 Å². The van der Waals surface area contributed by atoms with E-state index in [4.69, 9.17) is 11.6 Å². The standard InChI is InChI=1S/C17H14ClN3O/c1-11-14(12-6-3-5-9-16(12)20-11)10-19-21-17(22)13-7-2-4-8-15(13)18/h2-10,20H,1H3,(H,21,22). The molecule has 5 heteroatoms. The van der Waals surface area contributed by atoms with Crippen molar-refractivity contribution >= 4 is 34.6 Å². The Morgan fingerprint density at radius 1 is 1.18 bits per heavy atom. The number of benzene rings is 2. The predicted molar refractivity (Wildman–Crippen MR) is 89.5 cm³/mol. The highest BCUT2D eigenvalue weighted by Crippen LogP contribution is 2.20. The number of amides is 1. The van der Waals surface area contributed by atoms with E-state index in [-0.39, 0.29) is 5.91 Å². The van der Waals surface area contributed by atoms with Gasteiger partial charge in [0, 0.05) is 22.2 Å². The van der Waals surface area contributed by atoms with Crippen LogP contribution in [0.4, 0.5) is 0 Å². The molecule has 3 rings (SSSR count). The van der Waals surface area contributed by atoms with E-state index in [1.807, 2.05) is 31.2 Å². The lowest BCUT2D eigenvalue weighted by molar-refractivity contribution is 0.0955. The Balaban J connectivity index is 1.81. The van der Waals surface area contributed by atoms with Gasteiger partial charge in [-0.3, -0.25) is 4.79 Å². The third-order valence-electron chi connectivity index (χ3n) is 3.42. The number of aromatic nitrogens is 1. The zero-order chi connectivity index (χ0) is 15.5. The first-order valence-electron chi connectivity index (χ1n) is 6.82. The molecule has 0 fully saturated rings. The lowest BCUT2D eigenvalue weighted by atomic mass is 10.1. The number of H-pyrrole nitrogens is 1. The summed E-state index contributed by atoms with van der Waals surface area (Å²) in [5.41, 5.74) is 5.89. The quantitative estimate of drug-likeness (QED) is 0.559. The minimum atomic E-state index is -0.334. The SMILES string of the molecule is Cc1[nH]c2ccccc2c1C=NNC(=O)c1ccccc1Cl. The Bertz CT molecular complexity index is 867. The molecule has 2 aromatic carbocycles. The molecule has 22 heavy (non-hydrogen) atoms. The molecule has 0 aliphatic rings. The number of halogens is 1. The lowest BCUT2D eigenvalue weighted by Crippen LogP contribution is -2.18. The van der Waals surface area contributed by atoms with Gasteiger partial charge >= 0.3 is 0 Å². The number of para-hydroxylation sites is 1. The normalized spacial score (nSPS) is 11.2. The third-order valence-corrected chi connectivity index (χ3v) is 3.75. The number of rotatable bonds is 3. The van der Waals surface area contributed by atoms with Crippen LogP contribution in [-0.4, -0.2) is 17.1 Å². The van der Waals surface area contributed by atoms with Crippen molar-refractivity contribution < 1.29 is 4.79 Å². The zero-order valence-electron chi connectivity index (χ0n) is 11.9. The number of nitrogens with one attached hydrogen (secondary N) is 2. The molecule has 0 aliphatic heterocycles. The van der Waals surface area contributed by atoms with Crippen LogP contribution in [0.15, 0.2) is 53.6 Å². The van der Waals surface area contributed by atoms with Crippen LogP contribution in [-0.2, 0) is 0 Å². The number of hydrogen-bond acceptors (Lipinski definition) is 2. The van der Waals surface area contributed by atoms with Gasteiger partial charge in [-0.2, -0.15) is 5.10 Å². The molecule has 1 amide bonds. The van der Waals surface area contributed by atoms with E-state index in [1.165, 1.54) is 0 Å². The molecule has 110 valence electrons. The molecule has 0 unspecified atom stereocenters. The van der Waals surface area contributed by atoms with Crippen LogP contribution in [0.25, 0.3) is 10.9 Å². The average Bonchev–Trinajstić information content (AvgIpc) is 2.83. The van der Waals surface area contributed by atoms with Gasteiger partial charge in [0.25, 0.3) is 5.91 Å². The molecular weight excluding hydrogens is 298 g/mol. The minimum Gasteiger partial charge on any atom is -0.358 e. The average molecular weight is 312 g/mol. The Labute approximate surface area is 132 Å². The predicted octanol–water partition coefficient (Wildman–Crippen LogP) is 3.89. The largest absolute Gasteiger partial charge is 0.358 e. The van der Waals surface area contributed by atoms with Gasteiger partial charge in [0.05, 0.1) is 16.8 Å². The summed E-state index contributed by atoms with van der Waals surface area (Å²) in [5, 5.41) is 5.51. The van der Waals surface area contributed by atoms with E-state index in [1.54, 1.807) is 30.5 Å². The van der Waals surface area contributed by atoms with Crippen LogP contribution in [0.2, 0.25) is 5.02 Å². The molecule has 0 spiro atoms. The smallest absolute Gasteiger partial charge is 0.272 e. The van der Waals surface area contributed by atoms with Gasteiger partial charge in [0.1, 0.15) is 0 Å². The lowest BCUT2D eigenvalue weighted by Gasteiger charge is -2.01.